The Hall–Kier alpha value is -1.90. The summed E-state index contributed by atoms with van der Waals surface area (Å²) < 4.78 is 0. The molecular formula is C13H15N3. The third-order valence-corrected chi connectivity index (χ3v) is 2.33. The third kappa shape index (κ3) is 2.57. The fraction of sp³-hybridized carbons (Fsp3) is 0.231. The highest BCUT2D eigenvalue weighted by atomic mass is 15.2. The first-order valence-electron chi connectivity index (χ1n) is 5.29. The van der Waals surface area contributed by atoms with Gasteiger partial charge >= 0.3 is 0 Å². The van der Waals surface area contributed by atoms with Crippen LogP contribution in [0.15, 0.2) is 42.6 Å². The molecule has 16 heavy (non-hydrogen) atoms. The maximum atomic E-state index is 4.48. The molecule has 0 unspecified atom stereocenters. The average molecular weight is 213 g/mol. The molecule has 0 amide bonds. The predicted molar refractivity (Wildman–Crippen MR) is 65.6 cm³/mol. The van der Waals surface area contributed by atoms with Crippen molar-refractivity contribution in [1.29, 1.82) is 0 Å². The van der Waals surface area contributed by atoms with Crippen molar-refractivity contribution >= 4 is 5.95 Å². The van der Waals surface area contributed by atoms with Crippen molar-refractivity contribution in [2.75, 3.05) is 19.0 Å². The Labute approximate surface area is 95.8 Å². The van der Waals surface area contributed by atoms with Crippen LogP contribution in [-0.2, 0) is 6.42 Å². The Bertz CT molecular complexity index is 452. The summed E-state index contributed by atoms with van der Waals surface area (Å²) in [5, 5.41) is 0. The van der Waals surface area contributed by atoms with Crippen LogP contribution in [0.25, 0.3) is 0 Å². The largest absolute Gasteiger partial charge is 0.347 e. The van der Waals surface area contributed by atoms with Gasteiger partial charge in [-0.25, -0.2) is 9.97 Å². The topological polar surface area (TPSA) is 29.0 Å². The van der Waals surface area contributed by atoms with Crippen LogP contribution >= 0.6 is 0 Å². The molecule has 0 saturated heterocycles. The molecule has 0 aliphatic carbocycles. The second-order valence-electron chi connectivity index (χ2n) is 3.90. The molecule has 0 aliphatic rings. The molecule has 3 heteroatoms. The van der Waals surface area contributed by atoms with E-state index in [9.17, 15) is 0 Å². The molecule has 1 aromatic carbocycles. The Morgan fingerprint density at radius 2 is 1.81 bits per heavy atom. The molecule has 0 saturated carbocycles. The van der Waals surface area contributed by atoms with Gasteiger partial charge in [0.15, 0.2) is 0 Å². The summed E-state index contributed by atoms with van der Waals surface area (Å²) in [7, 11) is 3.89. The summed E-state index contributed by atoms with van der Waals surface area (Å²) >= 11 is 0. The van der Waals surface area contributed by atoms with E-state index in [0.29, 0.717) is 0 Å². The Morgan fingerprint density at radius 1 is 1.06 bits per heavy atom. The van der Waals surface area contributed by atoms with Gasteiger partial charge in [0.2, 0.25) is 5.95 Å². The van der Waals surface area contributed by atoms with E-state index in [0.717, 1.165) is 18.1 Å². The molecule has 0 fully saturated rings. The Morgan fingerprint density at radius 3 is 2.50 bits per heavy atom. The Balaban J connectivity index is 2.19. The fourth-order valence-electron chi connectivity index (χ4n) is 1.50. The number of benzene rings is 1. The minimum Gasteiger partial charge on any atom is -0.347 e. The summed E-state index contributed by atoms with van der Waals surface area (Å²) in [5.41, 5.74) is 2.32. The second-order valence-corrected chi connectivity index (χ2v) is 3.90. The van der Waals surface area contributed by atoms with Crippen molar-refractivity contribution < 1.29 is 0 Å². The first-order valence-corrected chi connectivity index (χ1v) is 5.29. The van der Waals surface area contributed by atoms with Crippen molar-refractivity contribution in [3.63, 3.8) is 0 Å². The molecule has 0 atom stereocenters. The molecule has 0 bridgehead atoms. The molecule has 2 aromatic rings. The SMILES string of the molecule is CN(C)c1nccc(Cc2ccccc2)n1. The fourth-order valence-corrected chi connectivity index (χ4v) is 1.50. The number of anilines is 1. The van der Waals surface area contributed by atoms with Gasteiger partial charge in [-0.2, -0.15) is 0 Å². The van der Waals surface area contributed by atoms with Crippen LogP contribution in [0.4, 0.5) is 5.95 Å². The van der Waals surface area contributed by atoms with E-state index < -0.39 is 0 Å². The summed E-state index contributed by atoms with van der Waals surface area (Å²) in [6.07, 6.45) is 2.66. The number of aromatic nitrogens is 2. The molecule has 0 spiro atoms. The lowest BCUT2D eigenvalue weighted by molar-refractivity contribution is 0.952. The summed E-state index contributed by atoms with van der Waals surface area (Å²) in [5.74, 6) is 0.758. The van der Waals surface area contributed by atoms with E-state index in [-0.39, 0.29) is 0 Å². The van der Waals surface area contributed by atoms with Gasteiger partial charge in [0, 0.05) is 26.7 Å². The van der Waals surface area contributed by atoms with E-state index in [1.807, 2.05) is 43.3 Å². The number of hydrogen-bond acceptors (Lipinski definition) is 3. The lowest BCUT2D eigenvalue weighted by Gasteiger charge is -2.10. The van der Waals surface area contributed by atoms with Crippen molar-refractivity contribution in [2.24, 2.45) is 0 Å². The summed E-state index contributed by atoms with van der Waals surface area (Å²) in [6.45, 7) is 0. The van der Waals surface area contributed by atoms with Crippen molar-refractivity contribution in [3.05, 3.63) is 53.9 Å². The molecule has 1 heterocycles. The number of nitrogens with zero attached hydrogens (tertiary/aromatic N) is 3. The predicted octanol–water partition coefficient (Wildman–Crippen LogP) is 2.13. The van der Waals surface area contributed by atoms with Gasteiger partial charge < -0.3 is 4.90 Å². The van der Waals surface area contributed by atoms with Crippen LogP contribution < -0.4 is 4.90 Å². The summed E-state index contributed by atoms with van der Waals surface area (Å²) in [6, 6.07) is 12.3. The van der Waals surface area contributed by atoms with Gasteiger partial charge in [0.05, 0.1) is 5.69 Å². The van der Waals surface area contributed by atoms with E-state index in [1.54, 1.807) is 6.20 Å². The molecule has 0 aliphatic heterocycles. The normalized spacial score (nSPS) is 10.1. The molecule has 0 radical (unpaired) electrons. The van der Waals surface area contributed by atoms with E-state index in [2.05, 4.69) is 22.1 Å². The Kier molecular flexibility index (Phi) is 3.15. The van der Waals surface area contributed by atoms with Gasteiger partial charge in [-0.3, -0.25) is 0 Å². The zero-order valence-corrected chi connectivity index (χ0v) is 9.59. The minimum atomic E-state index is 0.758. The highest BCUT2D eigenvalue weighted by molar-refractivity contribution is 5.29. The van der Waals surface area contributed by atoms with E-state index >= 15 is 0 Å². The summed E-state index contributed by atoms with van der Waals surface area (Å²) in [4.78, 5) is 10.6. The molecule has 3 nitrogen and oxygen atoms in total. The zero-order valence-electron chi connectivity index (χ0n) is 9.59. The number of hydrogen-bond donors (Lipinski definition) is 0. The highest BCUT2D eigenvalue weighted by Gasteiger charge is 2.01. The van der Waals surface area contributed by atoms with Crippen LogP contribution in [0.1, 0.15) is 11.3 Å². The first kappa shape index (κ1) is 10.6. The second kappa shape index (κ2) is 4.75. The maximum absolute atomic E-state index is 4.48. The van der Waals surface area contributed by atoms with Crippen LogP contribution in [-0.4, -0.2) is 24.1 Å². The molecular weight excluding hydrogens is 198 g/mol. The van der Waals surface area contributed by atoms with Crippen molar-refractivity contribution in [2.45, 2.75) is 6.42 Å². The van der Waals surface area contributed by atoms with Crippen LogP contribution in [0.3, 0.4) is 0 Å². The van der Waals surface area contributed by atoms with Gasteiger partial charge in [-0.1, -0.05) is 30.3 Å². The van der Waals surface area contributed by atoms with Crippen LogP contribution in [0, 0.1) is 0 Å². The lowest BCUT2D eigenvalue weighted by atomic mass is 10.1. The smallest absolute Gasteiger partial charge is 0.224 e. The molecule has 82 valence electrons. The van der Waals surface area contributed by atoms with Crippen LogP contribution in [0.5, 0.6) is 0 Å². The highest BCUT2D eigenvalue weighted by Crippen LogP contribution is 2.09. The van der Waals surface area contributed by atoms with Gasteiger partial charge in [0.25, 0.3) is 0 Å². The zero-order chi connectivity index (χ0) is 11.4. The van der Waals surface area contributed by atoms with Gasteiger partial charge in [-0.05, 0) is 11.6 Å². The molecule has 2 rings (SSSR count). The molecule has 0 N–H and O–H groups in total. The van der Waals surface area contributed by atoms with Gasteiger partial charge in [0.1, 0.15) is 0 Å². The van der Waals surface area contributed by atoms with Crippen molar-refractivity contribution in [1.82, 2.24) is 9.97 Å². The quantitative estimate of drug-likeness (QED) is 0.782. The standard InChI is InChI=1S/C13H15N3/c1-16(2)13-14-9-8-12(15-13)10-11-6-4-3-5-7-11/h3-9H,10H2,1-2H3. The van der Waals surface area contributed by atoms with E-state index in [4.69, 9.17) is 0 Å². The lowest BCUT2D eigenvalue weighted by Crippen LogP contribution is -2.13. The first-order chi connectivity index (χ1) is 7.75. The monoisotopic (exact) mass is 213 g/mol. The molecule has 1 aromatic heterocycles. The van der Waals surface area contributed by atoms with E-state index in [1.165, 1.54) is 5.56 Å². The van der Waals surface area contributed by atoms with Crippen molar-refractivity contribution in [3.8, 4) is 0 Å². The minimum absolute atomic E-state index is 0.758. The van der Waals surface area contributed by atoms with Gasteiger partial charge in [-0.15, -0.1) is 0 Å². The average Bonchev–Trinajstić information content (AvgIpc) is 2.30. The number of rotatable bonds is 3. The maximum Gasteiger partial charge on any atom is 0.224 e. The van der Waals surface area contributed by atoms with Crippen LogP contribution in [0.2, 0.25) is 0 Å². The third-order valence-electron chi connectivity index (χ3n) is 2.33.